The molecular weight excluding hydrogens is 265 g/mol. The van der Waals surface area contributed by atoms with Gasteiger partial charge in [0.2, 0.25) is 0 Å². The number of aromatic nitrogens is 2. The summed E-state index contributed by atoms with van der Waals surface area (Å²) < 4.78 is 40.0. The SMILES string of the molecule is FC(F)(F)C1CCc2nc3ccc(Cl)cn3c2C1. The predicted octanol–water partition coefficient (Wildman–Crippen LogP) is 3.65. The quantitative estimate of drug-likeness (QED) is 0.717. The van der Waals surface area contributed by atoms with Gasteiger partial charge in [-0.3, -0.25) is 0 Å². The summed E-state index contributed by atoms with van der Waals surface area (Å²) in [5.74, 6) is -1.27. The molecule has 0 saturated carbocycles. The fourth-order valence-corrected chi connectivity index (χ4v) is 2.62. The Morgan fingerprint density at radius 1 is 1.33 bits per heavy atom. The van der Waals surface area contributed by atoms with E-state index in [2.05, 4.69) is 4.98 Å². The molecule has 0 bridgehead atoms. The van der Waals surface area contributed by atoms with E-state index in [1.54, 1.807) is 22.7 Å². The number of halogens is 4. The number of hydrogen-bond acceptors (Lipinski definition) is 1. The highest BCUT2D eigenvalue weighted by Gasteiger charge is 2.42. The molecule has 1 atom stereocenters. The van der Waals surface area contributed by atoms with Crippen LogP contribution in [0.3, 0.4) is 0 Å². The molecule has 0 amide bonds. The van der Waals surface area contributed by atoms with Gasteiger partial charge in [0.15, 0.2) is 0 Å². The monoisotopic (exact) mass is 274 g/mol. The van der Waals surface area contributed by atoms with Gasteiger partial charge < -0.3 is 4.40 Å². The second-order valence-electron chi connectivity index (χ2n) is 4.56. The van der Waals surface area contributed by atoms with Crippen LogP contribution in [-0.4, -0.2) is 15.6 Å². The van der Waals surface area contributed by atoms with E-state index in [0.717, 1.165) is 5.69 Å². The first-order chi connectivity index (χ1) is 8.45. The Hall–Kier alpha value is -1.23. The Morgan fingerprint density at radius 3 is 2.83 bits per heavy atom. The first-order valence-corrected chi connectivity index (χ1v) is 6.05. The number of aryl methyl sites for hydroxylation is 1. The van der Waals surface area contributed by atoms with Crippen molar-refractivity contribution in [3.05, 3.63) is 34.7 Å². The van der Waals surface area contributed by atoms with Gasteiger partial charge in [-0.1, -0.05) is 11.6 Å². The highest BCUT2D eigenvalue weighted by molar-refractivity contribution is 6.30. The van der Waals surface area contributed by atoms with Gasteiger partial charge in [0.25, 0.3) is 0 Å². The van der Waals surface area contributed by atoms with Crippen LogP contribution in [0.1, 0.15) is 17.8 Å². The van der Waals surface area contributed by atoms with Crippen molar-refractivity contribution in [1.29, 1.82) is 0 Å². The maximum absolute atomic E-state index is 12.8. The molecule has 1 unspecified atom stereocenters. The van der Waals surface area contributed by atoms with Crippen molar-refractivity contribution < 1.29 is 13.2 Å². The molecule has 0 saturated heterocycles. The van der Waals surface area contributed by atoms with Crippen molar-refractivity contribution in [2.24, 2.45) is 5.92 Å². The van der Waals surface area contributed by atoms with E-state index in [1.807, 2.05) is 0 Å². The summed E-state index contributed by atoms with van der Waals surface area (Å²) in [5.41, 5.74) is 2.06. The second-order valence-corrected chi connectivity index (χ2v) is 5.00. The molecule has 1 aliphatic rings. The number of pyridine rings is 1. The van der Waals surface area contributed by atoms with E-state index in [4.69, 9.17) is 11.6 Å². The van der Waals surface area contributed by atoms with Gasteiger partial charge in [0.05, 0.1) is 16.6 Å². The standard InChI is InChI=1S/C12H10ClF3N2/c13-8-2-4-11-17-9-3-1-7(12(14,15)16)5-10(9)18(11)6-8/h2,4,6-7H,1,3,5H2. The number of alkyl halides is 3. The molecule has 0 N–H and O–H groups in total. The van der Waals surface area contributed by atoms with E-state index >= 15 is 0 Å². The van der Waals surface area contributed by atoms with Crippen molar-refractivity contribution in [2.75, 3.05) is 0 Å². The zero-order valence-electron chi connectivity index (χ0n) is 9.34. The van der Waals surface area contributed by atoms with Crippen molar-refractivity contribution >= 4 is 17.2 Å². The van der Waals surface area contributed by atoms with Gasteiger partial charge in [-0.2, -0.15) is 13.2 Å². The summed E-state index contributed by atoms with van der Waals surface area (Å²) in [6.07, 6.45) is -2.03. The molecule has 2 nitrogen and oxygen atoms in total. The van der Waals surface area contributed by atoms with Crippen LogP contribution < -0.4 is 0 Å². The molecule has 1 aliphatic carbocycles. The largest absolute Gasteiger partial charge is 0.392 e. The lowest BCUT2D eigenvalue weighted by molar-refractivity contribution is -0.177. The minimum atomic E-state index is -4.14. The molecule has 2 aromatic rings. The fourth-order valence-electron chi connectivity index (χ4n) is 2.46. The molecule has 3 rings (SSSR count). The van der Waals surface area contributed by atoms with Gasteiger partial charge in [-0.25, -0.2) is 4.98 Å². The van der Waals surface area contributed by atoms with Gasteiger partial charge in [0, 0.05) is 18.3 Å². The van der Waals surface area contributed by atoms with E-state index in [9.17, 15) is 13.2 Å². The molecule has 0 aromatic carbocycles. The molecule has 2 aromatic heterocycles. The summed E-state index contributed by atoms with van der Waals surface area (Å²) in [6.45, 7) is 0. The van der Waals surface area contributed by atoms with Crippen molar-refractivity contribution in [2.45, 2.75) is 25.4 Å². The van der Waals surface area contributed by atoms with Crippen LogP contribution in [0.4, 0.5) is 13.2 Å². The summed E-state index contributed by atoms with van der Waals surface area (Å²) in [7, 11) is 0. The van der Waals surface area contributed by atoms with Crippen LogP contribution in [0.15, 0.2) is 18.3 Å². The fraction of sp³-hybridized carbons (Fsp3) is 0.417. The molecular formula is C12H10ClF3N2. The maximum atomic E-state index is 12.8. The van der Waals surface area contributed by atoms with Crippen LogP contribution in [0.25, 0.3) is 5.65 Å². The number of fused-ring (bicyclic) bond motifs is 3. The van der Waals surface area contributed by atoms with Gasteiger partial charge >= 0.3 is 6.18 Å². The Balaban J connectivity index is 2.08. The Kier molecular flexibility index (Phi) is 2.55. The minimum Gasteiger partial charge on any atom is -0.302 e. The van der Waals surface area contributed by atoms with Crippen molar-refractivity contribution in [3.63, 3.8) is 0 Å². The lowest BCUT2D eigenvalue weighted by Gasteiger charge is -2.24. The lowest BCUT2D eigenvalue weighted by Crippen LogP contribution is -2.29. The molecule has 0 spiro atoms. The normalized spacial score (nSPS) is 20.1. The molecule has 0 aliphatic heterocycles. The highest BCUT2D eigenvalue weighted by atomic mass is 35.5. The number of rotatable bonds is 0. The summed E-state index contributed by atoms with van der Waals surface area (Å²) in [4.78, 5) is 4.35. The molecule has 6 heteroatoms. The highest BCUT2D eigenvalue weighted by Crippen LogP contribution is 2.37. The Bertz CT molecular complexity index is 603. The van der Waals surface area contributed by atoms with E-state index in [-0.39, 0.29) is 12.8 Å². The van der Waals surface area contributed by atoms with Crippen LogP contribution >= 0.6 is 11.6 Å². The number of nitrogens with zero attached hydrogens (tertiary/aromatic N) is 2. The Morgan fingerprint density at radius 2 is 2.11 bits per heavy atom. The van der Waals surface area contributed by atoms with Crippen molar-refractivity contribution in [3.8, 4) is 0 Å². The molecule has 2 heterocycles. The molecule has 0 fully saturated rings. The van der Waals surface area contributed by atoms with Gasteiger partial charge in [-0.15, -0.1) is 0 Å². The van der Waals surface area contributed by atoms with Gasteiger partial charge in [-0.05, 0) is 25.0 Å². The summed E-state index contributed by atoms with van der Waals surface area (Å²) in [5, 5.41) is 0.497. The summed E-state index contributed by atoms with van der Waals surface area (Å²) in [6, 6.07) is 3.42. The third kappa shape index (κ3) is 1.86. The zero-order chi connectivity index (χ0) is 12.9. The van der Waals surface area contributed by atoms with Crippen LogP contribution in [-0.2, 0) is 12.8 Å². The van der Waals surface area contributed by atoms with Crippen LogP contribution in [0.2, 0.25) is 5.02 Å². The first kappa shape index (κ1) is 11.8. The topological polar surface area (TPSA) is 17.3 Å². The predicted molar refractivity (Wildman–Crippen MR) is 61.8 cm³/mol. The minimum absolute atomic E-state index is 0.0135. The third-order valence-electron chi connectivity index (χ3n) is 3.40. The molecule has 0 radical (unpaired) electrons. The zero-order valence-corrected chi connectivity index (χ0v) is 10.1. The van der Waals surface area contributed by atoms with Crippen molar-refractivity contribution in [1.82, 2.24) is 9.38 Å². The summed E-state index contributed by atoms with van der Waals surface area (Å²) >= 11 is 5.87. The third-order valence-corrected chi connectivity index (χ3v) is 3.62. The lowest BCUT2D eigenvalue weighted by atomic mass is 9.89. The number of hydrogen-bond donors (Lipinski definition) is 0. The van der Waals surface area contributed by atoms with Crippen LogP contribution in [0, 0.1) is 5.92 Å². The molecule has 18 heavy (non-hydrogen) atoms. The number of imidazole rings is 1. The average Bonchev–Trinajstić information content (AvgIpc) is 2.65. The Labute approximate surface area is 106 Å². The van der Waals surface area contributed by atoms with E-state index in [0.29, 0.717) is 22.8 Å². The van der Waals surface area contributed by atoms with Crippen LogP contribution in [0.5, 0.6) is 0 Å². The average molecular weight is 275 g/mol. The van der Waals surface area contributed by atoms with E-state index < -0.39 is 12.1 Å². The second kappa shape index (κ2) is 3.88. The smallest absolute Gasteiger partial charge is 0.302 e. The maximum Gasteiger partial charge on any atom is 0.392 e. The van der Waals surface area contributed by atoms with Gasteiger partial charge in [0.1, 0.15) is 5.65 Å². The van der Waals surface area contributed by atoms with E-state index in [1.165, 1.54) is 0 Å². The first-order valence-electron chi connectivity index (χ1n) is 5.67. The molecule has 96 valence electrons.